The summed E-state index contributed by atoms with van der Waals surface area (Å²) in [6, 6.07) is 2.66. The third-order valence-electron chi connectivity index (χ3n) is 2.35. The van der Waals surface area contributed by atoms with Crippen molar-refractivity contribution in [2.24, 2.45) is 0 Å². The number of carbonyl (C=O) groups excluding carboxylic acids is 1. The van der Waals surface area contributed by atoms with Crippen molar-refractivity contribution in [2.75, 3.05) is 18.1 Å². The quantitative estimate of drug-likeness (QED) is 0.372. The predicted molar refractivity (Wildman–Crippen MR) is 72.4 cm³/mol. The lowest BCUT2D eigenvalue weighted by Crippen LogP contribution is -2.09. The Bertz CT molecular complexity index is 424. The zero-order valence-electron chi connectivity index (χ0n) is 10.7. The van der Waals surface area contributed by atoms with Crippen molar-refractivity contribution < 1.29 is 13.9 Å². The second-order valence-electron chi connectivity index (χ2n) is 3.79. The van der Waals surface area contributed by atoms with Crippen molar-refractivity contribution in [1.29, 1.82) is 0 Å². The number of unbranched alkanes of at least 4 members (excludes halogenated alkanes) is 1. The summed E-state index contributed by atoms with van der Waals surface area (Å²) >= 11 is 1.39. The summed E-state index contributed by atoms with van der Waals surface area (Å²) in [5.74, 6) is -0.0754. The Morgan fingerprint density at radius 3 is 2.78 bits per heavy atom. The molecule has 3 nitrogen and oxygen atoms in total. The third-order valence-corrected chi connectivity index (χ3v) is 3.47. The number of nitrogen functional groups attached to an aromatic ring is 1. The lowest BCUT2D eigenvalue weighted by molar-refractivity contribution is 0.0527. The van der Waals surface area contributed by atoms with E-state index in [2.05, 4.69) is 6.92 Å². The zero-order chi connectivity index (χ0) is 13.5. The Morgan fingerprint density at radius 1 is 1.44 bits per heavy atom. The van der Waals surface area contributed by atoms with Gasteiger partial charge in [-0.25, -0.2) is 9.18 Å². The lowest BCUT2D eigenvalue weighted by atomic mass is 10.2. The fourth-order valence-corrected chi connectivity index (χ4v) is 2.44. The molecule has 1 rings (SSSR count). The first-order valence-electron chi connectivity index (χ1n) is 5.99. The number of ether oxygens (including phenoxy) is 1. The van der Waals surface area contributed by atoms with Crippen molar-refractivity contribution in [3.05, 3.63) is 23.5 Å². The van der Waals surface area contributed by atoms with E-state index >= 15 is 0 Å². The van der Waals surface area contributed by atoms with Crippen LogP contribution in [0.4, 0.5) is 10.1 Å². The van der Waals surface area contributed by atoms with E-state index in [-0.39, 0.29) is 23.7 Å². The summed E-state index contributed by atoms with van der Waals surface area (Å²) in [5.41, 5.74) is 5.98. The van der Waals surface area contributed by atoms with Gasteiger partial charge in [-0.15, -0.1) is 11.8 Å². The molecule has 0 saturated heterocycles. The Hall–Kier alpha value is -1.23. The second kappa shape index (κ2) is 7.26. The van der Waals surface area contributed by atoms with Crippen LogP contribution >= 0.6 is 11.8 Å². The van der Waals surface area contributed by atoms with E-state index in [1.165, 1.54) is 23.9 Å². The SMILES string of the molecule is CCCCSc1cc(C(=O)OCC)c(N)cc1F. The van der Waals surface area contributed by atoms with E-state index in [0.29, 0.717) is 4.90 Å². The number of nitrogens with two attached hydrogens (primary N) is 1. The van der Waals surface area contributed by atoms with Gasteiger partial charge in [-0.1, -0.05) is 13.3 Å². The Morgan fingerprint density at radius 2 is 2.17 bits per heavy atom. The summed E-state index contributed by atoms with van der Waals surface area (Å²) in [6.07, 6.45) is 2.05. The minimum Gasteiger partial charge on any atom is -0.462 e. The van der Waals surface area contributed by atoms with Crippen LogP contribution in [0.1, 0.15) is 37.0 Å². The first-order chi connectivity index (χ1) is 8.60. The molecule has 0 bridgehead atoms. The van der Waals surface area contributed by atoms with Crippen molar-refractivity contribution in [2.45, 2.75) is 31.6 Å². The van der Waals surface area contributed by atoms with Crippen LogP contribution < -0.4 is 5.73 Å². The van der Waals surface area contributed by atoms with Crippen LogP contribution in [0.3, 0.4) is 0 Å². The van der Waals surface area contributed by atoms with E-state index in [9.17, 15) is 9.18 Å². The molecule has 5 heteroatoms. The summed E-state index contributed by atoms with van der Waals surface area (Å²) in [7, 11) is 0. The molecular formula is C13H18FNO2S. The first kappa shape index (κ1) is 14.8. The van der Waals surface area contributed by atoms with E-state index in [1.807, 2.05) is 0 Å². The minimum absolute atomic E-state index is 0.116. The summed E-state index contributed by atoms with van der Waals surface area (Å²) < 4.78 is 18.5. The smallest absolute Gasteiger partial charge is 0.340 e. The summed E-state index contributed by atoms with van der Waals surface area (Å²) in [4.78, 5) is 12.1. The van der Waals surface area contributed by atoms with Gasteiger partial charge in [0.1, 0.15) is 5.82 Å². The molecule has 1 aromatic rings. The zero-order valence-corrected chi connectivity index (χ0v) is 11.5. The van der Waals surface area contributed by atoms with Gasteiger partial charge < -0.3 is 10.5 Å². The second-order valence-corrected chi connectivity index (χ2v) is 4.93. The molecule has 0 unspecified atom stereocenters. The maximum Gasteiger partial charge on any atom is 0.340 e. The maximum absolute atomic E-state index is 13.7. The molecular weight excluding hydrogens is 253 g/mol. The number of halogens is 1. The van der Waals surface area contributed by atoms with Crippen LogP contribution in [0.25, 0.3) is 0 Å². The molecule has 0 aliphatic carbocycles. The van der Waals surface area contributed by atoms with E-state index in [1.54, 1.807) is 6.92 Å². The number of thioether (sulfide) groups is 1. The summed E-state index contributed by atoms with van der Waals surface area (Å²) in [5, 5.41) is 0. The fraction of sp³-hybridized carbons (Fsp3) is 0.462. The van der Waals surface area contributed by atoms with Crippen molar-refractivity contribution in [1.82, 2.24) is 0 Å². The molecule has 0 atom stereocenters. The van der Waals surface area contributed by atoms with E-state index in [4.69, 9.17) is 10.5 Å². The molecule has 0 saturated carbocycles. The molecule has 0 aromatic heterocycles. The van der Waals surface area contributed by atoms with Gasteiger partial charge in [0, 0.05) is 10.6 Å². The first-order valence-corrected chi connectivity index (χ1v) is 6.97. The Labute approximate surface area is 111 Å². The van der Waals surface area contributed by atoms with Crippen LogP contribution in [-0.2, 0) is 4.74 Å². The summed E-state index contributed by atoms with van der Waals surface area (Å²) in [6.45, 7) is 4.06. The van der Waals surface area contributed by atoms with Gasteiger partial charge >= 0.3 is 5.97 Å². The highest BCUT2D eigenvalue weighted by atomic mass is 32.2. The molecule has 0 aliphatic rings. The van der Waals surface area contributed by atoms with Crippen LogP contribution in [0, 0.1) is 5.82 Å². The maximum atomic E-state index is 13.7. The third kappa shape index (κ3) is 3.91. The number of benzene rings is 1. The molecule has 0 heterocycles. The highest BCUT2D eigenvalue weighted by molar-refractivity contribution is 7.99. The topological polar surface area (TPSA) is 52.3 Å². The molecule has 0 aliphatic heterocycles. The van der Waals surface area contributed by atoms with Gasteiger partial charge in [-0.2, -0.15) is 0 Å². The van der Waals surface area contributed by atoms with Crippen LogP contribution in [0.5, 0.6) is 0 Å². The van der Waals surface area contributed by atoms with Gasteiger partial charge in [0.15, 0.2) is 0 Å². The Balaban J connectivity index is 2.91. The number of anilines is 1. The lowest BCUT2D eigenvalue weighted by Gasteiger charge is -2.09. The van der Waals surface area contributed by atoms with Gasteiger partial charge in [-0.3, -0.25) is 0 Å². The fourth-order valence-electron chi connectivity index (χ4n) is 1.39. The number of esters is 1. The minimum atomic E-state index is -0.507. The number of carbonyl (C=O) groups is 1. The highest BCUT2D eigenvalue weighted by Gasteiger charge is 2.15. The Kier molecular flexibility index (Phi) is 5.98. The van der Waals surface area contributed by atoms with Crippen LogP contribution in [0.2, 0.25) is 0 Å². The van der Waals surface area contributed by atoms with Gasteiger partial charge in [0.25, 0.3) is 0 Å². The van der Waals surface area contributed by atoms with E-state index < -0.39 is 5.97 Å². The largest absolute Gasteiger partial charge is 0.462 e. The van der Waals surface area contributed by atoms with Gasteiger partial charge in [0.2, 0.25) is 0 Å². The predicted octanol–water partition coefficient (Wildman–Crippen LogP) is 3.48. The average Bonchev–Trinajstić information content (AvgIpc) is 2.32. The number of hydrogen-bond acceptors (Lipinski definition) is 4. The van der Waals surface area contributed by atoms with Crippen molar-refractivity contribution in [3.63, 3.8) is 0 Å². The van der Waals surface area contributed by atoms with Gasteiger partial charge in [0.05, 0.1) is 12.2 Å². The molecule has 2 N–H and O–H groups in total. The molecule has 18 heavy (non-hydrogen) atoms. The molecule has 1 aromatic carbocycles. The van der Waals surface area contributed by atoms with Crippen molar-refractivity contribution >= 4 is 23.4 Å². The average molecular weight is 271 g/mol. The highest BCUT2D eigenvalue weighted by Crippen LogP contribution is 2.27. The molecule has 0 amide bonds. The standard InChI is InChI=1S/C13H18FNO2S/c1-3-5-6-18-12-7-9(13(16)17-4-2)11(15)8-10(12)14/h7-8H,3-6,15H2,1-2H3. The molecule has 0 spiro atoms. The monoisotopic (exact) mass is 271 g/mol. The molecule has 0 fully saturated rings. The van der Waals surface area contributed by atoms with E-state index in [0.717, 1.165) is 18.6 Å². The molecule has 0 radical (unpaired) electrons. The normalized spacial score (nSPS) is 10.4. The molecule has 100 valence electrons. The van der Waals surface area contributed by atoms with Crippen molar-refractivity contribution in [3.8, 4) is 0 Å². The number of rotatable bonds is 6. The van der Waals surface area contributed by atoms with Gasteiger partial charge in [-0.05, 0) is 31.2 Å². The van der Waals surface area contributed by atoms with Crippen LogP contribution in [-0.4, -0.2) is 18.3 Å². The van der Waals surface area contributed by atoms with Crippen LogP contribution in [0.15, 0.2) is 17.0 Å². The number of hydrogen-bond donors (Lipinski definition) is 1.